The zero-order valence-electron chi connectivity index (χ0n) is 26.4. The van der Waals surface area contributed by atoms with E-state index in [0.29, 0.717) is 19.3 Å². The predicted molar refractivity (Wildman–Crippen MR) is 158 cm³/mol. The minimum Gasteiger partial charge on any atom is -0.363 e. The molecule has 2 fully saturated rings. The minimum absolute atomic E-state index is 0.214. The maximum Gasteiger partial charge on any atom is 0.316 e. The molecule has 4 unspecified atom stereocenters. The van der Waals surface area contributed by atoms with Gasteiger partial charge in [-0.2, -0.15) is 0 Å². The fourth-order valence-corrected chi connectivity index (χ4v) is 4.86. The normalized spacial score (nSPS) is 19.1. The van der Waals surface area contributed by atoms with Gasteiger partial charge in [-0.3, -0.25) is 24.0 Å². The maximum atomic E-state index is 13.7. The number of primary amides is 1. The number of carbonyl (C=O) groups is 6. The molecule has 5 N–H and O–H groups in total. The second-order valence-corrected chi connectivity index (χ2v) is 13.4. The third-order valence-electron chi connectivity index (χ3n) is 7.37. The highest BCUT2D eigenvalue weighted by molar-refractivity contribution is 6.37. The molecule has 0 aromatic rings. The van der Waals surface area contributed by atoms with Crippen molar-refractivity contribution in [2.24, 2.45) is 27.7 Å². The first-order chi connectivity index (χ1) is 19.4. The monoisotopic (exact) mass is 594 g/mol. The van der Waals surface area contributed by atoms with E-state index < -0.39 is 70.4 Å². The van der Waals surface area contributed by atoms with Crippen LogP contribution in [0.5, 0.6) is 0 Å². The average molecular weight is 595 g/mol. The lowest BCUT2D eigenvalue weighted by atomic mass is 9.80. The number of nitrogens with zero attached hydrogens (tertiary/aromatic N) is 2. The molecule has 1 aliphatic heterocycles. The molecule has 2 aliphatic rings. The third kappa shape index (κ3) is 10.5. The van der Waals surface area contributed by atoms with E-state index in [4.69, 9.17) is 5.73 Å². The molecular formula is C29H50N6O7. The van der Waals surface area contributed by atoms with E-state index in [-0.39, 0.29) is 12.5 Å². The second kappa shape index (κ2) is 15.7. The van der Waals surface area contributed by atoms with Gasteiger partial charge in [0.05, 0.1) is 6.04 Å². The average Bonchev–Trinajstić information content (AvgIpc) is 3.35. The number of Topliss-reactive ketones (excluding diaryl/α,β-unsaturated/α-hetero) is 1. The van der Waals surface area contributed by atoms with Crippen molar-refractivity contribution in [3.63, 3.8) is 0 Å². The van der Waals surface area contributed by atoms with E-state index in [9.17, 15) is 33.7 Å². The number of nitrogens with two attached hydrogens (primary N) is 1. The van der Waals surface area contributed by atoms with Gasteiger partial charge in [0.2, 0.25) is 17.6 Å². The highest BCUT2D eigenvalue weighted by Gasteiger charge is 2.43. The van der Waals surface area contributed by atoms with Crippen molar-refractivity contribution >= 4 is 35.4 Å². The number of hydrogen-bond acceptors (Lipinski definition) is 7. The number of amides is 6. The van der Waals surface area contributed by atoms with Crippen LogP contribution < -0.4 is 21.7 Å². The van der Waals surface area contributed by atoms with E-state index in [1.54, 1.807) is 41.5 Å². The van der Waals surface area contributed by atoms with Crippen molar-refractivity contribution in [3.8, 4) is 0 Å². The van der Waals surface area contributed by atoms with Crippen molar-refractivity contribution in [1.82, 2.24) is 20.9 Å². The summed E-state index contributed by atoms with van der Waals surface area (Å²) in [5.41, 5.74) is 3.59. The number of nitrogens with one attached hydrogen (secondary N) is 3. The second-order valence-electron chi connectivity index (χ2n) is 13.4. The Balaban J connectivity index is 0.00000281. The zero-order valence-corrected chi connectivity index (χ0v) is 26.4. The molecule has 0 radical (unpaired) electrons. The van der Waals surface area contributed by atoms with Crippen molar-refractivity contribution in [3.05, 3.63) is 4.91 Å². The van der Waals surface area contributed by atoms with Crippen molar-refractivity contribution in [2.75, 3.05) is 6.54 Å². The summed E-state index contributed by atoms with van der Waals surface area (Å²) < 4.78 is 0. The Bertz CT molecular complexity index is 1010. The summed E-state index contributed by atoms with van der Waals surface area (Å²) in [6.07, 6.45) is 5.24. The Labute approximate surface area is 248 Å². The van der Waals surface area contributed by atoms with Gasteiger partial charge in [-0.15, -0.1) is 4.91 Å². The molecule has 1 saturated heterocycles. The summed E-state index contributed by atoms with van der Waals surface area (Å²) in [4.78, 5) is 88.0. The number of nitroso groups, excluding NO2 is 1. The van der Waals surface area contributed by atoms with E-state index in [1.165, 1.54) is 11.3 Å². The summed E-state index contributed by atoms with van der Waals surface area (Å²) >= 11 is 0. The van der Waals surface area contributed by atoms with Gasteiger partial charge in [0.1, 0.15) is 18.1 Å². The van der Waals surface area contributed by atoms with Gasteiger partial charge in [-0.1, -0.05) is 81.1 Å². The lowest BCUT2D eigenvalue weighted by Crippen LogP contribution is -2.61. The van der Waals surface area contributed by atoms with E-state index in [0.717, 1.165) is 19.3 Å². The zero-order chi connectivity index (χ0) is 32.4. The molecule has 1 aliphatic carbocycles. The highest BCUT2D eigenvalue weighted by Crippen LogP contribution is 2.31. The standard InChI is InChI=1S/C26H42N6O7.C3H8/c1-25(2,3)18(22(36)31-39)29-24(38)30-19(26(4,5)6)23(37)32-12-8-11-16(32)21(35)28-15(17(33)20(27)34)13-14-9-7-10-14;1-3-2/h14-16,18-19H,7-13H2,1-6H3,(H2,27,34)(H,28,35)(H2,29,30,38);3H2,1-2H3. The molecule has 0 aromatic heterocycles. The molecule has 13 nitrogen and oxygen atoms in total. The summed E-state index contributed by atoms with van der Waals surface area (Å²) in [5, 5.41) is 10.1. The third-order valence-corrected chi connectivity index (χ3v) is 7.37. The van der Waals surface area contributed by atoms with Crippen molar-refractivity contribution in [1.29, 1.82) is 0 Å². The Morgan fingerprint density at radius 3 is 1.81 bits per heavy atom. The number of rotatable bonds is 10. The summed E-state index contributed by atoms with van der Waals surface area (Å²) in [5.74, 6) is -3.91. The van der Waals surface area contributed by atoms with Gasteiger partial charge < -0.3 is 26.6 Å². The van der Waals surface area contributed by atoms with Crippen LogP contribution in [0.2, 0.25) is 0 Å². The molecule has 1 saturated carbocycles. The number of likely N-dealkylation sites (tertiary alicyclic amines) is 1. The molecule has 0 bridgehead atoms. The fourth-order valence-electron chi connectivity index (χ4n) is 4.86. The van der Waals surface area contributed by atoms with E-state index in [1.807, 2.05) is 0 Å². The fraction of sp³-hybridized carbons (Fsp3) is 0.793. The topological polar surface area (TPSA) is 197 Å². The number of urea groups is 1. The summed E-state index contributed by atoms with van der Waals surface area (Å²) in [6.45, 7) is 14.7. The SMILES string of the molecule is CC(C)(C)C(NC(=O)NC(C(=O)N1CCCC1C(=O)NC(CC1CCC1)C(=O)C(N)=O)C(C)(C)C)C(=O)N=O.CCC. The van der Waals surface area contributed by atoms with Crippen LogP contribution in [0.4, 0.5) is 4.79 Å². The molecule has 4 atom stereocenters. The van der Waals surface area contributed by atoms with Crippen LogP contribution in [0, 0.1) is 21.7 Å². The highest BCUT2D eigenvalue weighted by atomic mass is 16.3. The van der Waals surface area contributed by atoms with Gasteiger partial charge in [-0.25, -0.2) is 4.79 Å². The van der Waals surface area contributed by atoms with Crippen LogP contribution in [-0.4, -0.2) is 71.1 Å². The van der Waals surface area contributed by atoms with Crippen LogP contribution in [0.15, 0.2) is 5.18 Å². The molecule has 0 aromatic carbocycles. The van der Waals surface area contributed by atoms with Crippen LogP contribution >= 0.6 is 0 Å². The summed E-state index contributed by atoms with van der Waals surface area (Å²) in [6, 6.07) is -5.11. The maximum absolute atomic E-state index is 13.7. The Morgan fingerprint density at radius 1 is 0.857 bits per heavy atom. The van der Waals surface area contributed by atoms with Gasteiger partial charge in [0, 0.05) is 11.7 Å². The Morgan fingerprint density at radius 2 is 1.38 bits per heavy atom. The lowest BCUT2D eigenvalue weighted by molar-refractivity contribution is -0.143. The number of ketones is 1. The van der Waals surface area contributed by atoms with Crippen LogP contribution in [0.3, 0.4) is 0 Å². The summed E-state index contributed by atoms with van der Waals surface area (Å²) in [7, 11) is 0. The smallest absolute Gasteiger partial charge is 0.316 e. The number of hydrogen-bond donors (Lipinski definition) is 4. The molecule has 1 heterocycles. The Hall–Kier alpha value is -3.38. The van der Waals surface area contributed by atoms with Gasteiger partial charge in [0.15, 0.2) is 0 Å². The van der Waals surface area contributed by atoms with Crippen molar-refractivity contribution in [2.45, 2.75) is 125 Å². The molecule has 13 heteroatoms. The molecule has 42 heavy (non-hydrogen) atoms. The van der Waals surface area contributed by atoms with Crippen LogP contribution in [-0.2, 0) is 24.0 Å². The van der Waals surface area contributed by atoms with Gasteiger partial charge in [-0.05, 0) is 36.0 Å². The van der Waals surface area contributed by atoms with Crippen LogP contribution in [0.25, 0.3) is 0 Å². The van der Waals surface area contributed by atoms with E-state index in [2.05, 4.69) is 35.0 Å². The quantitative estimate of drug-likeness (QED) is 0.220. The first-order valence-corrected chi connectivity index (χ1v) is 14.8. The molecule has 6 amide bonds. The van der Waals surface area contributed by atoms with Crippen molar-refractivity contribution < 1.29 is 28.8 Å². The minimum atomic E-state index is -1.22. The van der Waals surface area contributed by atoms with Gasteiger partial charge >= 0.3 is 11.9 Å². The number of carbonyl (C=O) groups excluding carboxylic acids is 6. The predicted octanol–water partition coefficient (Wildman–Crippen LogP) is 2.54. The molecule has 0 spiro atoms. The first kappa shape index (κ1) is 36.6. The Kier molecular flexibility index (Phi) is 13.7. The van der Waals surface area contributed by atoms with Gasteiger partial charge in [0.25, 0.3) is 5.91 Å². The lowest BCUT2D eigenvalue weighted by Gasteiger charge is -2.36. The van der Waals surface area contributed by atoms with E-state index >= 15 is 0 Å². The molecular weight excluding hydrogens is 544 g/mol. The van der Waals surface area contributed by atoms with Crippen LogP contribution in [0.1, 0.15) is 100 Å². The largest absolute Gasteiger partial charge is 0.363 e. The molecule has 2 rings (SSSR count). The molecule has 238 valence electrons. The first-order valence-electron chi connectivity index (χ1n) is 14.8.